The van der Waals surface area contributed by atoms with Gasteiger partial charge in [-0.15, -0.1) is 0 Å². The van der Waals surface area contributed by atoms with Crippen molar-refractivity contribution in [1.29, 1.82) is 0 Å². The first-order chi connectivity index (χ1) is 15.0. The number of hydrogen-bond acceptors (Lipinski definition) is 13. The molecule has 0 amide bonds. The third-order valence-corrected chi connectivity index (χ3v) is 5.87. The van der Waals surface area contributed by atoms with Gasteiger partial charge in [0.25, 0.3) is 5.69 Å². The number of aliphatic hydroxyl groups excluding tert-OH is 6. The fourth-order valence-corrected chi connectivity index (χ4v) is 3.86. The maximum atomic E-state index is 11.4. The Balaban J connectivity index is 2.01. The summed E-state index contributed by atoms with van der Waals surface area (Å²) in [5.74, 6) is -0.136. The lowest BCUT2D eigenvalue weighted by molar-refractivity contribution is -0.394. The molecule has 3 rings (SSSR count). The van der Waals surface area contributed by atoms with Crippen LogP contribution in [0.5, 0.6) is 5.75 Å². The van der Waals surface area contributed by atoms with Crippen LogP contribution in [-0.2, 0) is 9.47 Å². The van der Waals surface area contributed by atoms with Crippen molar-refractivity contribution < 1.29 is 60.0 Å². The standard InChI is InChI=1S/C18H25NO13/c20-5-10-12(22)14(24)17(26,7-30-10)18(27)15(25)13(23)11(6-21)32-16(18)31-9-3-1-8(2-4-9)19(28)29/h1-4,10-16,20-27H,5-7H2/t10-,11-,12-,13-,14+,15+,16+,17-,18+/m1/s1. The minimum absolute atomic E-state index is 0.136. The molecule has 14 nitrogen and oxygen atoms in total. The normalized spacial score (nSPS) is 42.4. The molecule has 0 bridgehead atoms. The van der Waals surface area contributed by atoms with Crippen LogP contribution in [0.3, 0.4) is 0 Å². The van der Waals surface area contributed by atoms with Crippen molar-refractivity contribution in [3.05, 3.63) is 34.4 Å². The van der Waals surface area contributed by atoms with Crippen molar-refractivity contribution in [1.82, 2.24) is 0 Å². The lowest BCUT2D eigenvalue weighted by Crippen LogP contribution is -2.83. The average Bonchev–Trinajstić information content (AvgIpc) is 2.78. The summed E-state index contributed by atoms with van der Waals surface area (Å²) in [7, 11) is 0. The summed E-state index contributed by atoms with van der Waals surface area (Å²) < 4.78 is 15.9. The molecule has 2 saturated heterocycles. The van der Waals surface area contributed by atoms with Gasteiger partial charge in [0, 0.05) is 12.1 Å². The first-order valence-electron chi connectivity index (χ1n) is 9.58. The molecule has 0 unspecified atom stereocenters. The number of aliphatic hydroxyl groups is 8. The molecule has 180 valence electrons. The Hall–Kier alpha value is -1.98. The molecule has 9 atom stereocenters. The van der Waals surface area contributed by atoms with Gasteiger partial charge in [0.1, 0.15) is 42.4 Å². The topological polar surface area (TPSA) is 233 Å². The number of hydrogen-bond donors (Lipinski definition) is 8. The molecule has 2 aliphatic rings. The first kappa shape index (κ1) is 24.7. The van der Waals surface area contributed by atoms with Gasteiger partial charge < -0.3 is 55.1 Å². The highest BCUT2D eigenvalue weighted by Gasteiger charge is 2.71. The van der Waals surface area contributed by atoms with Gasteiger partial charge >= 0.3 is 0 Å². The Kier molecular flexibility index (Phi) is 7.02. The zero-order valence-corrected chi connectivity index (χ0v) is 16.5. The quantitative estimate of drug-likeness (QED) is 0.149. The van der Waals surface area contributed by atoms with E-state index in [-0.39, 0.29) is 11.4 Å². The Labute approximate surface area is 180 Å². The van der Waals surface area contributed by atoms with E-state index in [0.29, 0.717) is 0 Å². The minimum Gasteiger partial charge on any atom is -0.462 e. The van der Waals surface area contributed by atoms with Crippen LogP contribution in [0.25, 0.3) is 0 Å². The van der Waals surface area contributed by atoms with Gasteiger partial charge in [-0.05, 0) is 12.1 Å². The van der Waals surface area contributed by atoms with Gasteiger partial charge in [-0.2, -0.15) is 0 Å². The van der Waals surface area contributed by atoms with E-state index in [1.807, 2.05) is 0 Å². The van der Waals surface area contributed by atoms with E-state index >= 15 is 0 Å². The molecule has 0 saturated carbocycles. The highest BCUT2D eigenvalue weighted by atomic mass is 16.7. The fraction of sp³-hybridized carbons (Fsp3) is 0.667. The van der Waals surface area contributed by atoms with Crippen LogP contribution in [0.4, 0.5) is 5.69 Å². The summed E-state index contributed by atoms with van der Waals surface area (Å²) in [4.78, 5) is 10.2. The number of non-ortho nitro benzene ring substituents is 1. The molecule has 8 N–H and O–H groups in total. The van der Waals surface area contributed by atoms with Crippen molar-refractivity contribution in [3.8, 4) is 5.75 Å². The molecule has 0 spiro atoms. The number of benzene rings is 1. The van der Waals surface area contributed by atoms with E-state index in [2.05, 4.69) is 0 Å². The van der Waals surface area contributed by atoms with Crippen LogP contribution in [0.15, 0.2) is 24.3 Å². The van der Waals surface area contributed by atoms with E-state index in [1.165, 1.54) is 0 Å². The predicted octanol–water partition coefficient (Wildman–Crippen LogP) is -4.01. The second-order valence-electron chi connectivity index (χ2n) is 7.71. The summed E-state index contributed by atoms with van der Waals surface area (Å²) >= 11 is 0. The van der Waals surface area contributed by atoms with Crippen LogP contribution in [0.1, 0.15) is 0 Å². The first-order valence-corrected chi connectivity index (χ1v) is 9.58. The third kappa shape index (κ3) is 3.84. The number of nitrogens with zero attached hydrogens (tertiary/aromatic N) is 1. The predicted molar refractivity (Wildman–Crippen MR) is 100 cm³/mol. The third-order valence-electron chi connectivity index (χ3n) is 5.87. The number of ether oxygens (including phenoxy) is 3. The van der Waals surface area contributed by atoms with E-state index < -0.39 is 78.9 Å². The molecule has 2 aliphatic heterocycles. The number of nitro benzene ring substituents is 1. The van der Waals surface area contributed by atoms with Gasteiger partial charge in [0.05, 0.1) is 24.7 Å². The lowest BCUT2D eigenvalue weighted by Gasteiger charge is -2.57. The summed E-state index contributed by atoms with van der Waals surface area (Å²) in [5, 5.41) is 93.8. The molecule has 0 aliphatic carbocycles. The lowest BCUT2D eigenvalue weighted by atomic mass is 9.68. The Morgan fingerprint density at radius 1 is 1.00 bits per heavy atom. The van der Waals surface area contributed by atoms with Gasteiger partial charge in [-0.25, -0.2) is 0 Å². The summed E-state index contributed by atoms with van der Waals surface area (Å²) in [6.45, 7) is -2.49. The Bertz CT molecular complexity index is 809. The van der Waals surface area contributed by atoms with Crippen LogP contribution < -0.4 is 4.74 Å². The highest BCUT2D eigenvalue weighted by Crippen LogP contribution is 2.44. The molecular weight excluding hydrogens is 438 g/mol. The second kappa shape index (κ2) is 9.11. The van der Waals surface area contributed by atoms with E-state index in [4.69, 9.17) is 14.2 Å². The van der Waals surface area contributed by atoms with Crippen LogP contribution in [0.2, 0.25) is 0 Å². The molecule has 32 heavy (non-hydrogen) atoms. The smallest absolute Gasteiger partial charge is 0.269 e. The van der Waals surface area contributed by atoms with Gasteiger partial charge in [-0.1, -0.05) is 0 Å². The molecule has 14 heteroatoms. The van der Waals surface area contributed by atoms with Crippen molar-refractivity contribution in [2.45, 2.75) is 54.1 Å². The van der Waals surface area contributed by atoms with E-state index in [1.54, 1.807) is 0 Å². The average molecular weight is 463 g/mol. The van der Waals surface area contributed by atoms with Crippen molar-refractivity contribution in [2.24, 2.45) is 0 Å². The molecule has 2 heterocycles. The maximum absolute atomic E-state index is 11.4. The Morgan fingerprint density at radius 2 is 1.56 bits per heavy atom. The van der Waals surface area contributed by atoms with Crippen molar-refractivity contribution >= 4 is 5.69 Å². The van der Waals surface area contributed by atoms with Gasteiger partial charge in [0.15, 0.2) is 11.2 Å². The van der Waals surface area contributed by atoms with Crippen LogP contribution in [-0.4, -0.2) is 120 Å². The van der Waals surface area contributed by atoms with E-state index in [0.717, 1.165) is 24.3 Å². The van der Waals surface area contributed by atoms with Gasteiger partial charge in [0.2, 0.25) is 6.29 Å². The van der Waals surface area contributed by atoms with Crippen LogP contribution in [0, 0.1) is 10.1 Å². The number of nitro groups is 1. The zero-order chi connectivity index (χ0) is 23.8. The molecule has 2 fully saturated rings. The SMILES string of the molecule is O=[N+]([O-])c1ccc(O[C@H]2O[C@H](CO)[C@@H](O)[C@H](O)[C@@]2(O)[C@@]2(O)CO[C@H](CO)[C@@H](O)[C@@H]2O)cc1. The molecule has 0 radical (unpaired) electrons. The molecule has 1 aromatic carbocycles. The maximum Gasteiger partial charge on any atom is 0.269 e. The summed E-state index contributed by atoms with van der Waals surface area (Å²) in [6, 6.07) is 4.38. The van der Waals surface area contributed by atoms with E-state index in [9.17, 15) is 51.0 Å². The van der Waals surface area contributed by atoms with Crippen molar-refractivity contribution in [2.75, 3.05) is 19.8 Å². The second-order valence-corrected chi connectivity index (χ2v) is 7.71. The van der Waals surface area contributed by atoms with Gasteiger partial charge in [-0.3, -0.25) is 10.1 Å². The molecule has 0 aromatic heterocycles. The highest BCUT2D eigenvalue weighted by molar-refractivity contribution is 5.36. The minimum atomic E-state index is -3.05. The number of rotatable bonds is 6. The summed E-state index contributed by atoms with van der Waals surface area (Å²) in [6.07, 6.45) is -13.3. The zero-order valence-electron chi connectivity index (χ0n) is 16.5. The van der Waals surface area contributed by atoms with Crippen LogP contribution >= 0.6 is 0 Å². The Morgan fingerprint density at radius 3 is 2.09 bits per heavy atom. The molecule has 1 aromatic rings. The molecular formula is C18H25NO13. The monoisotopic (exact) mass is 463 g/mol. The summed E-state index contributed by atoms with van der Waals surface area (Å²) in [5.41, 5.74) is -6.24. The fourth-order valence-electron chi connectivity index (χ4n) is 3.86. The van der Waals surface area contributed by atoms with Crippen molar-refractivity contribution in [3.63, 3.8) is 0 Å². The largest absolute Gasteiger partial charge is 0.462 e.